The first-order valence-corrected chi connectivity index (χ1v) is 5.08. The second-order valence-electron chi connectivity index (χ2n) is 4.10. The third kappa shape index (κ3) is 1.85. The Kier molecular flexibility index (Phi) is 2.28. The van der Waals surface area contributed by atoms with Crippen LogP contribution in [0.2, 0.25) is 0 Å². The van der Waals surface area contributed by atoms with Crippen LogP contribution in [0, 0.1) is 0 Å². The standard InChI is InChI=1S/C10H16O3/c1-8-12-9(11)7-10(13-8)5-3-2-4-6-10/h8H,2-7H2,1H3. The van der Waals surface area contributed by atoms with Crippen molar-refractivity contribution < 1.29 is 14.3 Å². The molecule has 0 aromatic rings. The summed E-state index contributed by atoms with van der Waals surface area (Å²) in [6.07, 6.45) is 5.78. The molecule has 1 aliphatic carbocycles. The monoisotopic (exact) mass is 184 g/mol. The van der Waals surface area contributed by atoms with Crippen molar-refractivity contribution in [2.24, 2.45) is 0 Å². The summed E-state index contributed by atoms with van der Waals surface area (Å²) in [4.78, 5) is 11.2. The normalized spacial score (nSPS) is 33.0. The Morgan fingerprint density at radius 2 is 2.00 bits per heavy atom. The Morgan fingerprint density at radius 3 is 2.62 bits per heavy atom. The summed E-state index contributed by atoms with van der Waals surface area (Å²) in [7, 11) is 0. The van der Waals surface area contributed by atoms with Gasteiger partial charge in [0.05, 0.1) is 12.0 Å². The summed E-state index contributed by atoms with van der Waals surface area (Å²) < 4.78 is 10.7. The zero-order valence-corrected chi connectivity index (χ0v) is 8.04. The predicted octanol–water partition coefficient (Wildman–Crippen LogP) is 2.00. The Balaban J connectivity index is 2.06. The minimum Gasteiger partial charge on any atom is -0.436 e. The van der Waals surface area contributed by atoms with E-state index in [0.29, 0.717) is 6.42 Å². The van der Waals surface area contributed by atoms with Crippen molar-refractivity contribution in [2.45, 2.75) is 57.3 Å². The van der Waals surface area contributed by atoms with Gasteiger partial charge in [0.15, 0.2) is 0 Å². The van der Waals surface area contributed by atoms with Gasteiger partial charge in [0.2, 0.25) is 6.29 Å². The molecular weight excluding hydrogens is 168 g/mol. The molecule has 1 spiro atoms. The average molecular weight is 184 g/mol. The molecule has 0 aromatic heterocycles. The number of ether oxygens (including phenoxy) is 2. The van der Waals surface area contributed by atoms with Gasteiger partial charge in [-0.05, 0) is 19.8 Å². The van der Waals surface area contributed by atoms with Crippen molar-refractivity contribution in [3.8, 4) is 0 Å². The van der Waals surface area contributed by atoms with Crippen LogP contribution in [0.5, 0.6) is 0 Å². The predicted molar refractivity (Wildman–Crippen MR) is 47.1 cm³/mol. The highest BCUT2D eigenvalue weighted by molar-refractivity contribution is 5.71. The molecule has 0 bridgehead atoms. The van der Waals surface area contributed by atoms with Crippen LogP contribution in [0.3, 0.4) is 0 Å². The summed E-state index contributed by atoms with van der Waals surface area (Å²) >= 11 is 0. The third-order valence-electron chi connectivity index (χ3n) is 2.94. The van der Waals surface area contributed by atoms with E-state index in [2.05, 4.69) is 0 Å². The Bertz CT molecular complexity index is 206. The van der Waals surface area contributed by atoms with E-state index in [9.17, 15) is 4.79 Å². The molecule has 1 aliphatic heterocycles. The number of carbonyl (C=O) groups is 1. The van der Waals surface area contributed by atoms with Gasteiger partial charge in [-0.1, -0.05) is 19.3 Å². The molecule has 74 valence electrons. The van der Waals surface area contributed by atoms with Gasteiger partial charge in [-0.2, -0.15) is 0 Å². The summed E-state index contributed by atoms with van der Waals surface area (Å²) in [5.74, 6) is -0.0966. The van der Waals surface area contributed by atoms with Crippen LogP contribution in [-0.2, 0) is 14.3 Å². The van der Waals surface area contributed by atoms with E-state index in [0.717, 1.165) is 12.8 Å². The fraction of sp³-hybridized carbons (Fsp3) is 0.900. The maximum absolute atomic E-state index is 11.2. The molecule has 0 amide bonds. The summed E-state index contributed by atoms with van der Waals surface area (Å²) in [5.41, 5.74) is -0.174. The van der Waals surface area contributed by atoms with Crippen molar-refractivity contribution in [1.29, 1.82) is 0 Å². The van der Waals surface area contributed by atoms with Crippen LogP contribution < -0.4 is 0 Å². The fourth-order valence-electron chi connectivity index (χ4n) is 2.40. The molecule has 3 nitrogen and oxygen atoms in total. The molecular formula is C10H16O3. The molecule has 0 N–H and O–H groups in total. The van der Waals surface area contributed by atoms with E-state index in [1.165, 1.54) is 19.3 Å². The van der Waals surface area contributed by atoms with Crippen molar-refractivity contribution >= 4 is 5.97 Å². The van der Waals surface area contributed by atoms with Gasteiger partial charge < -0.3 is 9.47 Å². The van der Waals surface area contributed by atoms with Gasteiger partial charge in [0.25, 0.3) is 0 Å². The largest absolute Gasteiger partial charge is 0.436 e. The Hall–Kier alpha value is -0.570. The van der Waals surface area contributed by atoms with Crippen molar-refractivity contribution in [1.82, 2.24) is 0 Å². The van der Waals surface area contributed by atoms with E-state index in [-0.39, 0.29) is 17.9 Å². The SMILES string of the molecule is CC1OC(=O)CC2(CCCCC2)O1. The Morgan fingerprint density at radius 1 is 1.31 bits per heavy atom. The van der Waals surface area contributed by atoms with Crippen LogP contribution in [0.4, 0.5) is 0 Å². The summed E-state index contributed by atoms with van der Waals surface area (Å²) in [6, 6.07) is 0. The van der Waals surface area contributed by atoms with E-state index < -0.39 is 0 Å². The zero-order chi connectivity index (χ0) is 9.31. The van der Waals surface area contributed by atoms with E-state index in [4.69, 9.17) is 9.47 Å². The van der Waals surface area contributed by atoms with Crippen LogP contribution in [-0.4, -0.2) is 17.9 Å². The number of hydrogen-bond acceptors (Lipinski definition) is 3. The first-order chi connectivity index (χ1) is 6.20. The Labute approximate surface area is 78.4 Å². The van der Waals surface area contributed by atoms with Crippen molar-refractivity contribution in [3.63, 3.8) is 0 Å². The second kappa shape index (κ2) is 3.29. The smallest absolute Gasteiger partial charge is 0.311 e. The van der Waals surface area contributed by atoms with Crippen molar-refractivity contribution in [2.75, 3.05) is 0 Å². The number of rotatable bonds is 0. The highest BCUT2D eigenvalue weighted by Gasteiger charge is 2.41. The molecule has 0 radical (unpaired) electrons. The minimum atomic E-state index is -0.348. The van der Waals surface area contributed by atoms with Gasteiger partial charge in [-0.15, -0.1) is 0 Å². The molecule has 1 saturated carbocycles. The second-order valence-corrected chi connectivity index (χ2v) is 4.10. The van der Waals surface area contributed by atoms with Crippen LogP contribution in [0.25, 0.3) is 0 Å². The molecule has 1 unspecified atom stereocenters. The lowest BCUT2D eigenvalue weighted by Crippen LogP contribution is -2.46. The fourth-order valence-corrected chi connectivity index (χ4v) is 2.40. The molecule has 0 aromatic carbocycles. The van der Waals surface area contributed by atoms with Gasteiger partial charge in [0, 0.05) is 0 Å². The molecule has 13 heavy (non-hydrogen) atoms. The lowest BCUT2D eigenvalue weighted by Gasteiger charge is -2.41. The molecule has 1 atom stereocenters. The maximum atomic E-state index is 11.2. The van der Waals surface area contributed by atoms with E-state index in [1.54, 1.807) is 6.92 Å². The summed E-state index contributed by atoms with van der Waals surface area (Å²) in [6.45, 7) is 1.80. The zero-order valence-electron chi connectivity index (χ0n) is 8.04. The number of hydrogen-bond donors (Lipinski definition) is 0. The third-order valence-corrected chi connectivity index (χ3v) is 2.94. The van der Waals surface area contributed by atoms with E-state index in [1.807, 2.05) is 0 Å². The average Bonchev–Trinajstić information content (AvgIpc) is 2.02. The highest BCUT2D eigenvalue weighted by Crippen LogP contribution is 2.38. The maximum Gasteiger partial charge on any atom is 0.311 e. The molecule has 2 rings (SSSR count). The highest BCUT2D eigenvalue weighted by atomic mass is 16.7. The van der Waals surface area contributed by atoms with Gasteiger partial charge in [0.1, 0.15) is 0 Å². The molecule has 2 fully saturated rings. The van der Waals surface area contributed by atoms with Crippen molar-refractivity contribution in [3.05, 3.63) is 0 Å². The summed E-state index contributed by atoms with van der Waals surface area (Å²) in [5, 5.41) is 0. The molecule has 1 heterocycles. The number of esters is 1. The topological polar surface area (TPSA) is 35.5 Å². The first kappa shape index (κ1) is 9.00. The van der Waals surface area contributed by atoms with Gasteiger partial charge in [-0.25, -0.2) is 0 Å². The molecule has 3 heteroatoms. The van der Waals surface area contributed by atoms with E-state index >= 15 is 0 Å². The number of cyclic esters (lactones) is 1. The lowest BCUT2D eigenvalue weighted by molar-refractivity contribution is -0.245. The van der Waals surface area contributed by atoms with Gasteiger partial charge in [-0.3, -0.25) is 4.79 Å². The first-order valence-electron chi connectivity index (χ1n) is 5.08. The quantitative estimate of drug-likeness (QED) is 0.540. The van der Waals surface area contributed by atoms with Crippen LogP contribution in [0.15, 0.2) is 0 Å². The number of carbonyl (C=O) groups excluding carboxylic acids is 1. The van der Waals surface area contributed by atoms with Crippen LogP contribution in [0.1, 0.15) is 45.4 Å². The lowest BCUT2D eigenvalue weighted by atomic mass is 9.82. The molecule has 1 saturated heterocycles. The van der Waals surface area contributed by atoms with Gasteiger partial charge >= 0.3 is 5.97 Å². The minimum absolute atomic E-state index is 0.0966. The van der Waals surface area contributed by atoms with Crippen LogP contribution >= 0.6 is 0 Å². The molecule has 2 aliphatic rings.